The van der Waals surface area contributed by atoms with Gasteiger partial charge in [0, 0.05) is 26.2 Å². The van der Waals surface area contributed by atoms with Crippen molar-refractivity contribution in [3.63, 3.8) is 0 Å². The fraction of sp³-hybridized carbons (Fsp3) is 0.417. The highest BCUT2D eigenvalue weighted by molar-refractivity contribution is 5.67. The van der Waals surface area contributed by atoms with Gasteiger partial charge < -0.3 is 10.0 Å². The van der Waals surface area contributed by atoms with E-state index in [1.165, 1.54) is 11.3 Å². The predicted octanol–water partition coefficient (Wildman–Crippen LogP) is 2.08. The summed E-state index contributed by atoms with van der Waals surface area (Å²) < 4.78 is 0. The molecule has 0 aliphatic heterocycles. The van der Waals surface area contributed by atoms with Gasteiger partial charge in [-0.25, -0.2) is 0 Å². The zero-order valence-corrected chi connectivity index (χ0v) is 9.45. The number of benzene rings is 1. The van der Waals surface area contributed by atoms with Crippen LogP contribution in [0.15, 0.2) is 18.2 Å². The Morgan fingerprint density at radius 2 is 2.07 bits per heavy atom. The molecule has 0 unspecified atom stereocenters. The Labute approximate surface area is 90.3 Å². The fourth-order valence-corrected chi connectivity index (χ4v) is 1.63. The molecule has 3 heteroatoms. The molecule has 1 rings (SSSR count). The van der Waals surface area contributed by atoms with Crippen LogP contribution in [0.4, 0.5) is 5.69 Å². The number of hydrogen-bond donors (Lipinski definition) is 1. The number of carboxylic acids is 1. The quantitative estimate of drug-likeness (QED) is 0.821. The molecule has 82 valence electrons. The molecule has 15 heavy (non-hydrogen) atoms. The summed E-state index contributed by atoms with van der Waals surface area (Å²) in [6.07, 6.45) is 0.796. The standard InChI is InChI=1S/C12H17NO2/c1-9-8-10(5-7-12(14)15)4-6-11(9)13(2)3/h4,6,8H,5,7H2,1-3H3,(H,14,15). The second kappa shape index (κ2) is 4.82. The van der Waals surface area contributed by atoms with Crippen molar-refractivity contribution in [3.05, 3.63) is 29.3 Å². The number of hydrogen-bond acceptors (Lipinski definition) is 2. The van der Waals surface area contributed by atoms with Gasteiger partial charge in [-0.05, 0) is 30.5 Å². The molecule has 0 bridgehead atoms. The van der Waals surface area contributed by atoms with Crippen molar-refractivity contribution >= 4 is 11.7 Å². The maximum atomic E-state index is 10.4. The monoisotopic (exact) mass is 207 g/mol. The van der Waals surface area contributed by atoms with E-state index < -0.39 is 5.97 Å². The number of aryl methyl sites for hydroxylation is 2. The fourth-order valence-electron chi connectivity index (χ4n) is 1.63. The smallest absolute Gasteiger partial charge is 0.303 e. The lowest BCUT2D eigenvalue weighted by Gasteiger charge is -2.16. The summed E-state index contributed by atoms with van der Waals surface area (Å²) in [5.74, 6) is -0.746. The summed E-state index contributed by atoms with van der Waals surface area (Å²) in [6.45, 7) is 2.04. The van der Waals surface area contributed by atoms with Crippen LogP contribution in [0.2, 0.25) is 0 Å². The number of carboxylic acid groups (broad SMARTS) is 1. The van der Waals surface area contributed by atoms with E-state index in [9.17, 15) is 4.79 Å². The van der Waals surface area contributed by atoms with E-state index in [-0.39, 0.29) is 6.42 Å². The molecule has 1 aromatic carbocycles. The molecule has 1 N–H and O–H groups in total. The SMILES string of the molecule is Cc1cc(CCC(=O)O)ccc1N(C)C. The Kier molecular flexibility index (Phi) is 3.72. The van der Waals surface area contributed by atoms with Crippen LogP contribution in [-0.2, 0) is 11.2 Å². The van der Waals surface area contributed by atoms with Crippen LogP contribution in [0.5, 0.6) is 0 Å². The minimum Gasteiger partial charge on any atom is -0.481 e. The summed E-state index contributed by atoms with van der Waals surface area (Å²) in [6, 6.07) is 6.08. The van der Waals surface area contributed by atoms with Crippen LogP contribution >= 0.6 is 0 Å². The third-order valence-electron chi connectivity index (χ3n) is 2.37. The van der Waals surface area contributed by atoms with Crippen molar-refractivity contribution in [3.8, 4) is 0 Å². The van der Waals surface area contributed by atoms with E-state index in [0.717, 1.165) is 5.56 Å². The number of rotatable bonds is 4. The molecule has 0 aromatic heterocycles. The van der Waals surface area contributed by atoms with Crippen LogP contribution in [-0.4, -0.2) is 25.2 Å². The summed E-state index contributed by atoms with van der Waals surface area (Å²) in [5, 5.41) is 8.58. The minimum absolute atomic E-state index is 0.195. The molecule has 0 saturated carbocycles. The second-order valence-electron chi connectivity index (χ2n) is 3.91. The molecule has 0 atom stereocenters. The Hall–Kier alpha value is -1.51. The largest absolute Gasteiger partial charge is 0.481 e. The van der Waals surface area contributed by atoms with E-state index >= 15 is 0 Å². The molecular formula is C12H17NO2. The van der Waals surface area contributed by atoms with Gasteiger partial charge in [0.05, 0.1) is 0 Å². The van der Waals surface area contributed by atoms with E-state index in [0.29, 0.717) is 6.42 Å². The van der Waals surface area contributed by atoms with E-state index in [1.807, 2.05) is 33.2 Å². The summed E-state index contributed by atoms with van der Waals surface area (Å²) in [7, 11) is 4.00. The van der Waals surface area contributed by atoms with E-state index in [2.05, 4.69) is 11.0 Å². The van der Waals surface area contributed by atoms with Crippen molar-refractivity contribution < 1.29 is 9.90 Å². The van der Waals surface area contributed by atoms with Crippen LogP contribution in [0.25, 0.3) is 0 Å². The van der Waals surface area contributed by atoms with Crippen molar-refractivity contribution in [1.82, 2.24) is 0 Å². The normalized spacial score (nSPS) is 10.1. The molecule has 0 radical (unpaired) electrons. The zero-order valence-electron chi connectivity index (χ0n) is 9.45. The lowest BCUT2D eigenvalue weighted by atomic mass is 10.1. The maximum Gasteiger partial charge on any atom is 0.303 e. The van der Waals surface area contributed by atoms with Gasteiger partial charge in [-0.1, -0.05) is 12.1 Å². The molecule has 0 aliphatic rings. The summed E-state index contributed by atoms with van der Waals surface area (Å²) in [5.41, 5.74) is 3.44. The van der Waals surface area contributed by atoms with Gasteiger partial charge in [-0.15, -0.1) is 0 Å². The molecule has 0 heterocycles. The average molecular weight is 207 g/mol. The Balaban J connectivity index is 2.77. The molecule has 0 aliphatic carbocycles. The highest BCUT2D eigenvalue weighted by Crippen LogP contribution is 2.19. The average Bonchev–Trinajstić information content (AvgIpc) is 2.14. The van der Waals surface area contributed by atoms with Gasteiger partial charge >= 0.3 is 5.97 Å². The van der Waals surface area contributed by atoms with Gasteiger partial charge in [0.15, 0.2) is 0 Å². The first-order valence-corrected chi connectivity index (χ1v) is 4.99. The Morgan fingerprint density at radius 1 is 1.40 bits per heavy atom. The van der Waals surface area contributed by atoms with Crippen molar-refractivity contribution in [2.24, 2.45) is 0 Å². The topological polar surface area (TPSA) is 40.5 Å². The molecule has 0 saturated heterocycles. The van der Waals surface area contributed by atoms with Crippen molar-refractivity contribution in [2.45, 2.75) is 19.8 Å². The zero-order chi connectivity index (χ0) is 11.4. The third-order valence-corrected chi connectivity index (χ3v) is 2.37. The van der Waals surface area contributed by atoms with E-state index in [1.54, 1.807) is 0 Å². The molecule has 0 spiro atoms. The van der Waals surface area contributed by atoms with Gasteiger partial charge in [-0.3, -0.25) is 4.79 Å². The second-order valence-corrected chi connectivity index (χ2v) is 3.91. The van der Waals surface area contributed by atoms with Gasteiger partial charge in [0.25, 0.3) is 0 Å². The molecule has 1 aromatic rings. The van der Waals surface area contributed by atoms with Crippen LogP contribution < -0.4 is 4.90 Å². The number of nitrogens with zero attached hydrogens (tertiary/aromatic N) is 1. The van der Waals surface area contributed by atoms with Crippen LogP contribution in [0.3, 0.4) is 0 Å². The molecule has 3 nitrogen and oxygen atoms in total. The Morgan fingerprint density at radius 3 is 2.53 bits per heavy atom. The highest BCUT2D eigenvalue weighted by atomic mass is 16.4. The number of carbonyl (C=O) groups is 1. The van der Waals surface area contributed by atoms with Crippen LogP contribution in [0, 0.1) is 6.92 Å². The van der Waals surface area contributed by atoms with Crippen LogP contribution in [0.1, 0.15) is 17.5 Å². The van der Waals surface area contributed by atoms with E-state index in [4.69, 9.17) is 5.11 Å². The predicted molar refractivity (Wildman–Crippen MR) is 61.5 cm³/mol. The minimum atomic E-state index is -0.746. The molecule has 0 amide bonds. The first kappa shape index (κ1) is 11.6. The van der Waals surface area contributed by atoms with Crippen molar-refractivity contribution in [2.75, 3.05) is 19.0 Å². The lowest BCUT2D eigenvalue weighted by Crippen LogP contribution is -2.10. The van der Waals surface area contributed by atoms with Gasteiger partial charge in [0.1, 0.15) is 0 Å². The van der Waals surface area contributed by atoms with Crippen molar-refractivity contribution in [1.29, 1.82) is 0 Å². The molecular weight excluding hydrogens is 190 g/mol. The third kappa shape index (κ3) is 3.27. The molecule has 0 fully saturated rings. The summed E-state index contributed by atoms with van der Waals surface area (Å²) >= 11 is 0. The Bertz CT molecular complexity index is 359. The number of anilines is 1. The highest BCUT2D eigenvalue weighted by Gasteiger charge is 2.03. The first-order chi connectivity index (χ1) is 7.00. The number of aliphatic carboxylic acids is 1. The summed E-state index contributed by atoms with van der Waals surface area (Å²) in [4.78, 5) is 12.5. The lowest BCUT2D eigenvalue weighted by molar-refractivity contribution is -0.136. The van der Waals surface area contributed by atoms with Gasteiger partial charge in [0.2, 0.25) is 0 Å². The first-order valence-electron chi connectivity index (χ1n) is 4.99. The van der Waals surface area contributed by atoms with Gasteiger partial charge in [-0.2, -0.15) is 0 Å². The maximum absolute atomic E-state index is 10.4.